The second kappa shape index (κ2) is 11.5. The number of halogens is 2. The molecule has 3 amide bonds. The fourth-order valence-corrected chi connectivity index (χ4v) is 2.71. The Morgan fingerprint density at radius 2 is 1.79 bits per heavy atom. The molecule has 2 N–H and O–H groups in total. The van der Waals surface area contributed by atoms with Gasteiger partial charge in [0.05, 0.1) is 0 Å². The predicted octanol–water partition coefficient (Wildman–Crippen LogP) is 2.51. The number of hydrogen-bond acceptors (Lipinski definition) is 7. The fourth-order valence-electron chi connectivity index (χ4n) is 2.17. The molecule has 0 radical (unpaired) electrons. The van der Waals surface area contributed by atoms with Crippen molar-refractivity contribution in [3.8, 4) is 0 Å². The maximum absolute atomic E-state index is 12.4. The number of carbonyl (C=O) groups is 3. The zero-order valence-electron chi connectivity index (χ0n) is 16.2. The van der Waals surface area contributed by atoms with Crippen molar-refractivity contribution >= 4 is 29.7 Å². The first-order valence-corrected chi connectivity index (χ1v) is 9.55. The molecule has 0 fully saturated rings. The Bertz CT molecular complexity index is 695. The first kappa shape index (κ1) is 23.7. The molecule has 0 aliphatic rings. The van der Waals surface area contributed by atoms with E-state index >= 15 is 0 Å². The van der Waals surface area contributed by atoms with E-state index < -0.39 is 30.3 Å². The summed E-state index contributed by atoms with van der Waals surface area (Å²) in [6.07, 6.45) is 0.909. The van der Waals surface area contributed by atoms with Crippen molar-refractivity contribution in [1.29, 1.82) is 0 Å². The third-order valence-corrected chi connectivity index (χ3v) is 4.35. The van der Waals surface area contributed by atoms with Crippen LogP contribution in [-0.2, 0) is 20.7 Å². The van der Waals surface area contributed by atoms with Crippen LogP contribution in [0.2, 0.25) is 0 Å². The first-order valence-electron chi connectivity index (χ1n) is 8.67. The highest BCUT2D eigenvalue weighted by Gasteiger charge is 2.16. The minimum atomic E-state index is -2.61. The van der Waals surface area contributed by atoms with E-state index in [0.717, 1.165) is 0 Å². The molecule has 1 aromatic rings. The van der Waals surface area contributed by atoms with Crippen LogP contribution in [0.15, 0.2) is 5.16 Å². The summed E-state index contributed by atoms with van der Waals surface area (Å²) in [4.78, 5) is 42.9. The Morgan fingerprint density at radius 3 is 2.32 bits per heavy atom. The van der Waals surface area contributed by atoms with Crippen molar-refractivity contribution in [1.82, 2.24) is 20.6 Å². The molecule has 0 aliphatic heterocycles. The van der Waals surface area contributed by atoms with Gasteiger partial charge in [-0.15, -0.1) is 0 Å². The molecular weight excluding hydrogens is 394 g/mol. The van der Waals surface area contributed by atoms with Crippen LogP contribution in [-0.4, -0.2) is 46.3 Å². The number of imide groups is 1. The summed E-state index contributed by atoms with van der Waals surface area (Å²) in [6, 6.07) is -0.741. The monoisotopic (exact) mass is 418 g/mol. The minimum Gasteiger partial charge on any atom is -0.456 e. The number of rotatable bonds is 9. The summed E-state index contributed by atoms with van der Waals surface area (Å²) in [6.45, 7) is 6.39. The van der Waals surface area contributed by atoms with Gasteiger partial charge in [0.25, 0.3) is 11.7 Å². The summed E-state index contributed by atoms with van der Waals surface area (Å²) in [5.41, 5.74) is 1.67. The van der Waals surface area contributed by atoms with E-state index in [9.17, 15) is 23.2 Å². The van der Waals surface area contributed by atoms with Gasteiger partial charge in [-0.05, 0) is 50.9 Å². The molecule has 1 atom stereocenters. The zero-order chi connectivity index (χ0) is 21.3. The van der Waals surface area contributed by atoms with Crippen LogP contribution in [0.4, 0.5) is 13.6 Å². The van der Waals surface area contributed by atoms with E-state index in [1.54, 1.807) is 20.8 Å². The Kier molecular flexibility index (Phi) is 9.77. The Morgan fingerprint density at radius 1 is 1.18 bits per heavy atom. The first-order chi connectivity index (χ1) is 13.1. The van der Waals surface area contributed by atoms with Gasteiger partial charge in [0.1, 0.15) is 0 Å². The quantitative estimate of drug-likeness (QED) is 0.360. The fraction of sp³-hybridized carbons (Fsp3) is 0.588. The molecule has 0 aromatic carbocycles. The van der Waals surface area contributed by atoms with Crippen LogP contribution < -0.4 is 10.6 Å². The van der Waals surface area contributed by atoms with Gasteiger partial charge in [0.2, 0.25) is 0 Å². The van der Waals surface area contributed by atoms with E-state index in [0.29, 0.717) is 23.4 Å². The number of nitrogens with zero attached hydrogens (tertiary/aromatic N) is 2. The van der Waals surface area contributed by atoms with Crippen LogP contribution in [0.1, 0.15) is 43.6 Å². The third kappa shape index (κ3) is 8.59. The number of urea groups is 1. The van der Waals surface area contributed by atoms with Crippen molar-refractivity contribution in [2.75, 3.05) is 6.61 Å². The highest BCUT2D eigenvalue weighted by Crippen LogP contribution is 2.24. The van der Waals surface area contributed by atoms with Crippen LogP contribution in [0.25, 0.3) is 0 Å². The number of amides is 3. The molecule has 1 aromatic heterocycles. The highest BCUT2D eigenvalue weighted by molar-refractivity contribution is 7.99. The number of alkyl halides is 2. The number of ether oxygens (including phenoxy) is 1. The predicted molar refractivity (Wildman–Crippen MR) is 99.1 cm³/mol. The summed E-state index contributed by atoms with van der Waals surface area (Å²) in [7, 11) is 0. The second-order valence-corrected chi connectivity index (χ2v) is 6.98. The van der Waals surface area contributed by atoms with E-state index in [4.69, 9.17) is 4.74 Å². The second-order valence-electron chi connectivity index (χ2n) is 6.03. The lowest BCUT2D eigenvalue weighted by atomic mass is 10.1. The van der Waals surface area contributed by atoms with Gasteiger partial charge in [0, 0.05) is 23.9 Å². The number of thioether (sulfide) groups is 1. The van der Waals surface area contributed by atoms with Gasteiger partial charge in [-0.1, -0.05) is 6.92 Å². The molecule has 0 bridgehead atoms. The standard InChI is InChI=1S/C17H24F2N4O4S/c1-5-9(2)20-16(26)23-13(24)8-27-14(25)7-6-12-10(3)21-17(22-11(12)4)28-15(18)19/h9,15H,5-8H2,1-4H3,(H2,20,23,24,26)/t9-/m0/s1. The molecule has 11 heteroatoms. The molecule has 0 saturated carbocycles. The van der Waals surface area contributed by atoms with E-state index in [-0.39, 0.29) is 35.8 Å². The van der Waals surface area contributed by atoms with E-state index in [1.165, 1.54) is 0 Å². The SMILES string of the molecule is CC[C@H](C)NC(=O)NC(=O)COC(=O)CCc1c(C)nc(SC(F)F)nc1C. The molecule has 156 valence electrons. The van der Waals surface area contributed by atoms with Gasteiger partial charge >= 0.3 is 12.0 Å². The Hall–Kier alpha value is -2.30. The molecule has 8 nitrogen and oxygen atoms in total. The number of aromatic nitrogens is 2. The van der Waals surface area contributed by atoms with Crippen LogP contribution >= 0.6 is 11.8 Å². The molecule has 0 unspecified atom stereocenters. The molecule has 1 heterocycles. The van der Waals surface area contributed by atoms with Crippen LogP contribution in [0.3, 0.4) is 0 Å². The lowest BCUT2D eigenvalue weighted by Gasteiger charge is -2.12. The van der Waals surface area contributed by atoms with Gasteiger partial charge in [-0.2, -0.15) is 8.78 Å². The molecular formula is C17H24F2N4O4S. The maximum atomic E-state index is 12.4. The summed E-state index contributed by atoms with van der Waals surface area (Å²) >= 11 is 0.257. The molecule has 1 rings (SSSR count). The van der Waals surface area contributed by atoms with E-state index in [2.05, 4.69) is 20.6 Å². The highest BCUT2D eigenvalue weighted by atomic mass is 32.2. The molecule has 0 aliphatic carbocycles. The Labute approximate surface area is 166 Å². The van der Waals surface area contributed by atoms with Gasteiger partial charge in [-0.3, -0.25) is 14.9 Å². The summed E-state index contributed by atoms with van der Waals surface area (Å²) in [5.74, 6) is -3.99. The van der Waals surface area contributed by atoms with Crippen LogP contribution in [0, 0.1) is 13.8 Å². The number of nitrogens with one attached hydrogen (secondary N) is 2. The van der Waals surface area contributed by atoms with Crippen molar-refractivity contribution in [3.63, 3.8) is 0 Å². The summed E-state index contributed by atoms with van der Waals surface area (Å²) in [5, 5.41) is 4.59. The van der Waals surface area contributed by atoms with Gasteiger partial charge in [0.15, 0.2) is 11.8 Å². The molecule has 28 heavy (non-hydrogen) atoms. The van der Waals surface area contributed by atoms with Crippen molar-refractivity contribution in [3.05, 3.63) is 17.0 Å². The Balaban J connectivity index is 2.46. The van der Waals surface area contributed by atoms with Crippen molar-refractivity contribution in [2.24, 2.45) is 0 Å². The number of hydrogen-bond donors (Lipinski definition) is 2. The number of esters is 1. The van der Waals surface area contributed by atoms with Gasteiger partial charge < -0.3 is 10.1 Å². The average molecular weight is 418 g/mol. The number of carbonyl (C=O) groups excluding carboxylic acids is 3. The largest absolute Gasteiger partial charge is 0.456 e. The van der Waals surface area contributed by atoms with E-state index in [1.807, 2.05) is 6.92 Å². The number of aryl methyl sites for hydroxylation is 2. The summed E-state index contributed by atoms with van der Waals surface area (Å²) < 4.78 is 29.7. The molecule has 0 saturated heterocycles. The normalized spacial score (nSPS) is 11.8. The lowest BCUT2D eigenvalue weighted by Crippen LogP contribution is -2.44. The van der Waals surface area contributed by atoms with Crippen LogP contribution in [0.5, 0.6) is 0 Å². The lowest BCUT2D eigenvalue weighted by molar-refractivity contribution is -0.148. The van der Waals surface area contributed by atoms with Gasteiger partial charge in [-0.25, -0.2) is 14.8 Å². The zero-order valence-corrected chi connectivity index (χ0v) is 17.0. The maximum Gasteiger partial charge on any atom is 0.321 e. The van der Waals surface area contributed by atoms with Crippen molar-refractivity contribution < 1.29 is 27.9 Å². The minimum absolute atomic E-state index is 0.0244. The smallest absolute Gasteiger partial charge is 0.321 e. The third-order valence-electron chi connectivity index (χ3n) is 3.78. The van der Waals surface area contributed by atoms with Crippen molar-refractivity contribution in [2.45, 2.75) is 63.9 Å². The topological polar surface area (TPSA) is 110 Å². The molecule has 0 spiro atoms. The average Bonchev–Trinajstić information content (AvgIpc) is 2.58.